The van der Waals surface area contributed by atoms with E-state index in [2.05, 4.69) is 20.6 Å². The van der Waals surface area contributed by atoms with Crippen molar-refractivity contribution in [3.05, 3.63) is 35.8 Å². The minimum absolute atomic E-state index is 0.605. The summed E-state index contributed by atoms with van der Waals surface area (Å²) >= 11 is 0. The zero-order chi connectivity index (χ0) is 12.1. The second-order valence-electron chi connectivity index (χ2n) is 3.61. The molecule has 0 aliphatic heterocycles. The van der Waals surface area contributed by atoms with Gasteiger partial charge in [0.05, 0.1) is 25.5 Å². The summed E-state index contributed by atoms with van der Waals surface area (Å²) in [5.41, 5.74) is 1.89. The molecule has 2 rings (SSSR count). The molecular weight excluding hydrogens is 218 g/mol. The third-order valence-electron chi connectivity index (χ3n) is 2.32. The molecule has 17 heavy (non-hydrogen) atoms. The van der Waals surface area contributed by atoms with Crippen LogP contribution in [0, 0.1) is 0 Å². The largest absolute Gasteiger partial charge is 0.481 e. The molecular formula is C11H15N5O. The molecule has 0 saturated heterocycles. The number of pyridine rings is 1. The molecule has 2 heterocycles. The summed E-state index contributed by atoms with van der Waals surface area (Å²) in [6.07, 6.45) is 3.61. The lowest BCUT2D eigenvalue weighted by Gasteiger charge is -2.05. The average Bonchev–Trinajstić information content (AvgIpc) is 2.78. The van der Waals surface area contributed by atoms with E-state index < -0.39 is 0 Å². The van der Waals surface area contributed by atoms with E-state index in [4.69, 9.17) is 4.74 Å². The van der Waals surface area contributed by atoms with Crippen molar-refractivity contribution in [1.82, 2.24) is 25.3 Å². The Morgan fingerprint density at radius 2 is 2.35 bits per heavy atom. The van der Waals surface area contributed by atoms with Crippen LogP contribution in [0.3, 0.4) is 0 Å². The average molecular weight is 233 g/mol. The van der Waals surface area contributed by atoms with E-state index in [0.29, 0.717) is 19.0 Å². The van der Waals surface area contributed by atoms with Gasteiger partial charge in [0.2, 0.25) is 5.88 Å². The summed E-state index contributed by atoms with van der Waals surface area (Å²) in [6, 6.07) is 3.84. The lowest BCUT2D eigenvalue weighted by molar-refractivity contribution is 0.390. The van der Waals surface area contributed by atoms with Gasteiger partial charge in [-0.05, 0) is 13.1 Å². The standard InChI is InChI=1S/C11H15N5O/c1-12-6-10-8-16(15-14-10)7-9-4-3-5-13-11(9)17-2/h3-5,8,12H,6-7H2,1-2H3. The van der Waals surface area contributed by atoms with Crippen molar-refractivity contribution < 1.29 is 4.74 Å². The Bertz CT molecular complexity index is 482. The molecule has 2 aromatic heterocycles. The number of rotatable bonds is 5. The summed E-state index contributed by atoms with van der Waals surface area (Å²) in [6.45, 7) is 1.32. The predicted molar refractivity (Wildman–Crippen MR) is 62.7 cm³/mol. The lowest BCUT2D eigenvalue weighted by atomic mass is 10.3. The SMILES string of the molecule is CNCc1cn(Cc2cccnc2OC)nn1. The zero-order valence-corrected chi connectivity index (χ0v) is 9.92. The van der Waals surface area contributed by atoms with Gasteiger partial charge < -0.3 is 10.1 Å². The van der Waals surface area contributed by atoms with Crippen molar-refractivity contribution in [3.63, 3.8) is 0 Å². The van der Waals surface area contributed by atoms with Gasteiger partial charge in [0.1, 0.15) is 0 Å². The van der Waals surface area contributed by atoms with E-state index in [-0.39, 0.29) is 0 Å². The van der Waals surface area contributed by atoms with Gasteiger partial charge in [-0.15, -0.1) is 5.10 Å². The summed E-state index contributed by atoms with van der Waals surface area (Å²) in [4.78, 5) is 4.14. The number of nitrogens with one attached hydrogen (secondary N) is 1. The Hall–Kier alpha value is -1.95. The zero-order valence-electron chi connectivity index (χ0n) is 9.92. The molecule has 0 aromatic carbocycles. The van der Waals surface area contributed by atoms with Gasteiger partial charge in [-0.2, -0.15) is 0 Å². The van der Waals surface area contributed by atoms with Gasteiger partial charge in [0.15, 0.2) is 0 Å². The van der Waals surface area contributed by atoms with Crippen LogP contribution in [0.4, 0.5) is 0 Å². The van der Waals surface area contributed by atoms with E-state index >= 15 is 0 Å². The molecule has 0 radical (unpaired) electrons. The molecule has 0 unspecified atom stereocenters. The highest BCUT2D eigenvalue weighted by Crippen LogP contribution is 2.14. The minimum Gasteiger partial charge on any atom is -0.481 e. The maximum Gasteiger partial charge on any atom is 0.218 e. The van der Waals surface area contributed by atoms with Crippen LogP contribution in [-0.4, -0.2) is 34.1 Å². The molecule has 6 nitrogen and oxygen atoms in total. The third kappa shape index (κ3) is 2.79. The van der Waals surface area contributed by atoms with E-state index in [1.807, 2.05) is 25.4 Å². The van der Waals surface area contributed by atoms with Crippen LogP contribution in [0.1, 0.15) is 11.3 Å². The maximum atomic E-state index is 5.19. The van der Waals surface area contributed by atoms with Crippen LogP contribution in [0.15, 0.2) is 24.5 Å². The monoisotopic (exact) mass is 233 g/mol. The summed E-state index contributed by atoms with van der Waals surface area (Å²) < 4.78 is 6.96. The van der Waals surface area contributed by atoms with Crippen LogP contribution >= 0.6 is 0 Å². The van der Waals surface area contributed by atoms with Gasteiger partial charge in [-0.3, -0.25) is 0 Å². The second-order valence-corrected chi connectivity index (χ2v) is 3.61. The van der Waals surface area contributed by atoms with Gasteiger partial charge in [0, 0.05) is 18.3 Å². The first-order valence-electron chi connectivity index (χ1n) is 5.35. The fourth-order valence-electron chi connectivity index (χ4n) is 1.58. The Balaban J connectivity index is 2.13. The van der Waals surface area contributed by atoms with Gasteiger partial charge in [-0.25, -0.2) is 9.67 Å². The molecule has 0 spiro atoms. The van der Waals surface area contributed by atoms with Gasteiger partial charge >= 0.3 is 0 Å². The number of ether oxygens (including phenoxy) is 1. The van der Waals surface area contributed by atoms with Crippen LogP contribution in [0.25, 0.3) is 0 Å². The molecule has 1 N–H and O–H groups in total. The molecule has 0 saturated carbocycles. The first kappa shape index (κ1) is 11.5. The van der Waals surface area contributed by atoms with Crippen molar-refractivity contribution in [2.45, 2.75) is 13.1 Å². The van der Waals surface area contributed by atoms with Crippen molar-refractivity contribution in [2.75, 3.05) is 14.2 Å². The van der Waals surface area contributed by atoms with E-state index in [1.54, 1.807) is 18.0 Å². The molecule has 0 amide bonds. The molecule has 6 heteroatoms. The Morgan fingerprint density at radius 3 is 3.12 bits per heavy atom. The van der Waals surface area contributed by atoms with Crippen molar-refractivity contribution in [1.29, 1.82) is 0 Å². The number of hydrogen-bond donors (Lipinski definition) is 1. The maximum absolute atomic E-state index is 5.19. The van der Waals surface area contributed by atoms with Gasteiger partial charge in [-0.1, -0.05) is 11.3 Å². The molecule has 2 aromatic rings. The number of hydrogen-bond acceptors (Lipinski definition) is 5. The Kier molecular flexibility index (Phi) is 3.66. The summed E-state index contributed by atoms with van der Waals surface area (Å²) in [7, 11) is 3.49. The Morgan fingerprint density at radius 1 is 1.47 bits per heavy atom. The highest BCUT2D eigenvalue weighted by Gasteiger charge is 2.06. The minimum atomic E-state index is 0.605. The lowest BCUT2D eigenvalue weighted by Crippen LogP contribution is -2.05. The van der Waals surface area contributed by atoms with Crippen LogP contribution in [0.2, 0.25) is 0 Å². The fourth-order valence-corrected chi connectivity index (χ4v) is 1.58. The van der Waals surface area contributed by atoms with Crippen molar-refractivity contribution in [2.24, 2.45) is 0 Å². The molecule has 0 aliphatic rings. The highest BCUT2D eigenvalue weighted by molar-refractivity contribution is 5.25. The van der Waals surface area contributed by atoms with Crippen molar-refractivity contribution in [3.8, 4) is 5.88 Å². The molecule has 0 atom stereocenters. The van der Waals surface area contributed by atoms with E-state index in [9.17, 15) is 0 Å². The Labute approximate surface area is 99.6 Å². The van der Waals surface area contributed by atoms with Crippen LogP contribution in [0.5, 0.6) is 5.88 Å². The smallest absolute Gasteiger partial charge is 0.218 e. The molecule has 90 valence electrons. The van der Waals surface area contributed by atoms with E-state index in [1.165, 1.54) is 0 Å². The quantitative estimate of drug-likeness (QED) is 0.812. The van der Waals surface area contributed by atoms with Gasteiger partial charge in [0.25, 0.3) is 0 Å². The number of nitrogens with zero attached hydrogens (tertiary/aromatic N) is 4. The molecule has 0 bridgehead atoms. The number of aromatic nitrogens is 4. The first-order valence-corrected chi connectivity index (χ1v) is 5.35. The van der Waals surface area contributed by atoms with E-state index in [0.717, 1.165) is 11.3 Å². The second kappa shape index (κ2) is 5.40. The highest BCUT2D eigenvalue weighted by atomic mass is 16.5. The van der Waals surface area contributed by atoms with Crippen LogP contribution < -0.4 is 10.1 Å². The summed E-state index contributed by atoms with van der Waals surface area (Å²) in [5, 5.41) is 11.1. The third-order valence-corrected chi connectivity index (χ3v) is 2.32. The normalized spacial score (nSPS) is 10.5. The number of methoxy groups -OCH3 is 1. The summed E-state index contributed by atoms with van der Waals surface area (Å²) in [5.74, 6) is 0.623. The molecule has 0 aliphatic carbocycles. The molecule has 0 fully saturated rings. The predicted octanol–water partition coefficient (Wildman–Crippen LogP) is 0.449. The van der Waals surface area contributed by atoms with Crippen molar-refractivity contribution >= 4 is 0 Å². The fraction of sp³-hybridized carbons (Fsp3) is 0.364. The topological polar surface area (TPSA) is 64.9 Å². The first-order chi connectivity index (χ1) is 8.33. The van der Waals surface area contributed by atoms with Crippen LogP contribution in [-0.2, 0) is 13.1 Å².